The smallest absolute Gasteiger partial charge is 0.236 e. The molecule has 0 aromatic heterocycles. The van der Waals surface area contributed by atoms with Gasteiger partial charge in [-0.15, -0.1) is 0 Å². The van der Waals surface area contributed by atoms with E-state index in [1.807, 2.05) is 6.07 Å². The number of rotatable bonds is 6. The van der Waals surface area contributed by atoms with E-state index in [0.29, 0.717) is 12.8 Å². The standard InChI is InChI=1S/C6H10NO4P2/c1-3-6(4-2,5-7)10-13(9)11-12-8/h3-4H2,1-2H3/q+1. The first-order chi connectivity index (χ1) is 6.14. The van der Waals surface area contributed by atoms with E-state index in [-0.39, 0.29) is 0 Å². The Bertz CT molecular complexity index is 233. The molecule has 5 nitrogen and oxygen atoms in total. The van der Waals surface area contributed by atoms with Crippen LogP contribution >= 0.6 is 16.9 Å². The molecule has 0 heterocycles. The molecule has 0 spiro atoms. The third-order valence-electron chi connectivity index (χ3n) is 1.70. The van der Waals surface area contributed by atoms with Gasteiger partial charge in [-0.3, -0.25) is 0 Å². The maximum absolute atomic E-state index is 10.9. The van der Waals surface area contributed by atoms with Crippen LogP contribution in [0.15, 0.2) is 0 Å². The molecule has 7 heteroatoms. The van der Waals surface area contributed by atoms with Crippen molar-refractivity contribution in [3.63, 3.8) is 0 Å². The predicted octanol–water partition coefficient (Wildman–Crippen LogP) is 2.97. The molecular weight excluding hydrogens is 212 g/mol. The molecule has 0 N–H and O–H groups in total. The summed E-state index contributed by atoms with van der Waals surface area (Å²) in [5.41, 5.74) is -1.10. The zero-order chi connectivity index (χ0) is 10.3. The maximum Gasteiger partial charge on any atom is 0.711 e. The van der Waals surface area contributed by atoms with E-state index in [0.717, 1.165) is 0 Å². The molecule has 0 aliphatic heterocycles. The highest BCUT2D eigenvalue weighted by Crippen LogP contribution is 2.37. The fourth-order valence-corrected chi connectivity index (χ4v) is 1.68. The van der Waals surface area contributed by atoms with Crippen LogP contribution in [-0.4, -0.2) is 5.60 Å². The van der Waals surface area contributed by atoms with Crippen LogP contribution in [-0.2, 0) is 18.0 Å². The quantitative estimate of drug-likeness (QED) is 0.645. The molecule has 1 unspecified atom stereocenters. The molecule has 0 rings (SSSR count). The van der Waals surface area contributed by atoms with Crippen molar-refractivity contribution in [3.8, 4) is 6.07 Å². The highest BCUT2D eigenvalue weighted by molar-refractivity contribution is 7.41. The average molecular weight is 222 g/mol. The second-order valence-electron chi connectivity index (χ2n) is 2.28. The van der Waals surface area contributed by atoms with Crippen molar-refractivity contribution in [1.82, 2.24) is 0 Å². The van der Waals surface area contributed by atoms with E-state index >= 15 is 0 Å². The number of nitriles is 1. The first kappa shape index (κ1) is 12.6. The van der Waals surface area contributed by atoms with Crippen LogP contribution in [0, 0.1) is 11.3 Å². The molecule has 0 saturated heterocycles. The van der Waals surface area contributed by atoms with Gasteiger partial charge >= 0.3 is 16.9 Å². The van der Waals surface area contributed by atoms with Gasteiger partial charge in [0.25, 0.3) is 0 Å². The monoisotopic (exact) mass is 222 g/mol. The molecule has 0 bridgehead atoms. The van der Waals surface area contributed by atoms with E-state index in [9.17, 15) is 9.13 Å². The summed E-state index contributed by atoms with van der Waals surface area (Å²) in [7, 11) is -3.20. The second kappa shape index (κ2) is 6.12. The third-order valence-corrected chi connectivity index (χ3v) is 2.99. The Morgan fingerprint density at radius 2 is 2.08 bits per heavy atom. The van der Waals surface area contributed by atoms with E-state index in [1.165, 1.54) is 0 Å². The van der Waals surface area contributed by atoms with Crippen LogP contribution in [0.3, 0.4) is 0 Å². The fourth-order valence-electron chi connectivity index (χ4n) is 0.744. The Hall–Kier alpha value is -0.390. The van der Waals surface area contributed by atoms with Gasteiger partial charge in [0.2, 0.25) is 5.60 Å². The van der Waals surface area contributed by atoms with Gasteiger partial charge in [0.15, 0.2) is 0 Å². The topological polar surface area (TPSA) is 76.4 Å². The summed E-state index contributed by atoms with van der Waals surface area (Å²) >= 11 is 0. The molecule has 0 fully saturated rings. The van der Waals surface area contributed by atoms with Gasteiger partial charge in [-0.2, -0.15) is 5.26 Å². The lowest BCUT2D eigenvalue weighted by Gasteiger charge is -2.13. The Morgan fingerprint density at radius 3 is 2.38 bits per heavy atom. The minimum Gasteiger partial charge on any atom is -0.236 e. The van der Waals surface area contributed by atoms with Gasteiger partial charge in [0.1, 0.15) is 6.07 Å². The van der Waals surface area contributed by atoms with Gasteiger partial charge in [0, 0.05) is 4.57 Å². The Balaban J connectivity index is 4.35. The molecule has 13 heavy (non-hydrogen) atoms. The predicted molar refractivity (Wildman–Crippen MR) is 46.3 cm³/mol. The first-order valence-electron chi connectivity index (χ1n) is 3.71. The molecule has 0 amide bonds. The van der Waals surface area contributed by atoms with Gasteiger partial charge in [-0.1, -0.05) is 18.4 Å². The molecule has 72 valence electrons. The van der Waals surface area contributed by atoms with Crippen LogP contribution in [0.5, 0.6) is 0 Å². The zero-order valence-corrected chi connectivity index (χ0v) is 9.18. The Labute approximate surface area is 79.3 Å². The highest BCUT2D eigenvalue weighted by atomic mass is 31.2. The summed E-state index contributed by atoms with van der Waals surface area (Å²) in [4.78, 5) is 0. The molecule has 0 aromatic rings. The molecule has 0 radical (unpaired) electrons. The van der Waals surface area contributed by atoms with Crippen LogP contribution < -0.4 is 0 Å². The summed E-state index contributed by atoms with van der Waals surface area (Å²) in [6.07, 6.45) is 0.806. The van der Waals surface area contributed by atoms with Gasteiger partial charge in [-0.25, -0.2) is 4.57 Å². The second-order valence-corrected chi connectivity index (χ2v) is 3.72. The summed E-state index contributed by atoms with van der Waals surface area (Å²) < 4.78 is 29.8. The lowest BCUT2D eigenvalue weighted by molar-refractivity contribution is 0.116. The normalized spacial score (nSPS) is 12.5. The van der Waals surface area contributed by atoms with Crippen LogP contribution in [0.25, 0.3) is 0 Å². The van der Waals surface area contributed by atoms with Gasteiger partial charge < -0.3 is 0 Å². The highest BCUT2D eigenvalue weighted by Gasteiger charge is 2.40. The van der Waals surface area contributed by atoms with Crippen molar-refractivity contribution in [3.05, 3.63) is 0 Å². The Morgan fingerprint density at radius 1 is 1.54 bits per heavy atom. The summed E-state index contributed by atoms with van der Waals surface area (Å²) in [5.74, 6) is 0. The maximum atomic E-state index is 10.9. The molecule has 0 aliphatic rings. The van der Waals surface area contributed by atoms with Gasteiger partial charge in [0.05, 0.1) is 0 Å². The van der Waals surface area contributed by atoms with Crippen molar-refractivity contribution in [2.24, 2.45) is 0 Å². The SMILES string of the molecule is CCC(C#N)(CC)O[P+](=O)OP=O. The molecule has 0 aromatic carbocycles. The lowest BCUT2D eigenvalue weighted by atomic mass is 10.0. The lowest BCUT2D eigenvalue weighted by Crippen LogP contribution is -2.25. The number of nitrogens with zero attached hydrogens (tertiary/aromatic N) is 1. The van der Waals surface area contributed by atoms with Crippen molar-refractivity contribution in [1.29, 1.82) is 5.26 Å². The van der Waals surface area contributed by atoms with Crippen molar-refractivity contribution < 1.29 is 18.0 Å². The zero-order valence-electron chi connectivity index (χ0n) is 7.39. The van der Waals surface area contributed by atoms with Crippen molar-refractivity contribution in [2.75, 3.05) is 0 Å². The first-order valence-corrected chi connectivity index (χ1v) is 5.54. The molecule has 1 atom stereocenters. The molecule has 0 saturated carbocycles. The van der Waals surface area contributed by atoms with E-state index in [2.05, 4.69) is 4.31 Å². The van der Waals surface area contributed by atoms with E-state index < -0.39 is 22.5 Å². The van der Waals surface area contributed by atoms with Crippen molar-refractivity contribution >= 4 is 16.9 Å². The van der Waals surface area contributed by atoms with Crippen molar-refractivity contribution in [2.45, 2.75) is 32.3 Å². The Kier molecular flexibility index (Phi) is 5.94. The minimum absolute atomic E-state index is 0.403. The molecule has 0 aliphatic carbocycles. The average Bonchev–Trinajstić information content (AvgIpc) is 2.15. The van der Waals surface area contributed by atoms with Crippen LogP contribution in [0.1, 0.15) is 26.7 Å². The molecular formula is C6H10NO4P2+. The third kappa shape index (κ3) is 3.89. The largest absolute Gasteiger partial charge is 0.711 e. The fraction of sp³-hybridized carbons (Fsp3) is 0.833. The van der Waals surface area contributed by atoms with Crippen LogP contribution in [0.4, 0.5) is 0 Å². The van der Waals surface area contributed by atoms with Crippen LogP contribution in [0.2, 0.25) is 0 Å². The van der Waals surface area contributed by atoms with Gasteiger partial charge in [-0.05, 0) is 17.2 Å². The summed E-state index contributed by atoms with van der Waals surface area (Å²) in [6.45, 7) is 3.48. The number of hydrogen-bond donors (Lipinski definition) is 0. The minimum atomic E-state index is -2.48. The van der Waals surface area contributed by atoms with E-state index in [4.69, 9.17) is 9.79 Å². The number of hydrogen-bond acceptors (Lipinski definition) is 5. The summed E-state index contributed by atoms with van der Waals surface area (Å²) in [6, 6.07) is 1.91. The summed E-state index contributed by atoms with van der Waals surface area (Å²) in [5, 5.41) is 8.75. The van der Waals surface area contributed by atoms with E-state index in [1.54, 1.807) is 13.8 Å².